The monoisotopic (exact) mass is 273 g/mol. The van der Waals surface area contributed by atoms with Crippen LogP contribution in [0.2, 0.25) is 0 Å². The summed E-state index contributed by atoms with van der Waals surface area (Å²) in [5, 5.41) is 0. The smallest absolute Gasteiger partial charge is 0.124 e. The van der Waals surface area contributed by atoms with Crippen LogP contribution in [0.25, 0.3) is 11.0 Å². The largest absolute Gasteiger partial charge is 0.341 e. The van der Waals surface area contributed by atoms with E-state index >= 15 is 0 Å². The number of H-pyrrole nitrogens is 1. The molecule has 0 aliphatic heterocycles. The third-order valence-corrected chi connectivity index (χ3v) is 3.06. The fourth-order valence-electron chi connectivity index (χ4n) is 2.11. The van der Waals surface area contributed by atoms with Crippen LogP contribution in [0.1, 0.15) is 17.4 Å². The summed E-state index contributed by atoms with van der Waals surface area (Å²) in [5.41, 5.74) is 9.43. The van der Waals surface area contributed by atoms with Crippen molar-refractivity contribution in [1.29, 1.82) is 0 Å². The first-order chi connectivity index (χ1) is 8.83. The van der Waals surface area contributed by atoms with Crippen molar-refractivity contribution in [3.63, 3.8) is 0 Å². The van der Waals surface area contributed by atoms with Gasteiger partial charge in [0, 0.05) is 0 Å². The van der Waals surface area contributed by atoms with Gasteiger partial charge in [-0.3, -0.25) is 0 Å². The molecule has 1 aromatic heterocycles. The average Bonchev–Trinajstić information content (AvgIpc) is 2.84. The van der Waals surface area contributed by atoms with Gasteiger partial charge in [-0.05, 0) is 24.1 Å². The van der Waals surface area contributed by atoms with Gasteiger partial charge in [-0.15, -0.1) is 12.4 Å². The molecule has 4 heteroatoms. The number of hydrogen-bond donors (Lipinski definition) is 2. The van der Waals surface area contributed by atoms with E-state index in [1.54, 1.807) is 0 Å². The van der Waals surface area contributed by atoms with Gasteiger partial charge in [0.15, 0.2) is 0 Å². The van der Waals surface area contributed by atoms with Gasteiger partial charge < -0.3 is 10.7 Å². The number of benzene rings is 2. The molecule has 1 atom stereocenters. The summed E-state index contributed by atoms with van der Waals surface area (Å²) in [4.78, 5) is 7.81. The lowest BCUT2D eigenvalue weighted by molar-refractivity contribution is 0.680. The van der Waals surface area contributed by atoms with Crippen LogP contribution < -0.4 is 5.73 Å². The fourth-order valence-corrected chi connectivity index (χ4v) is 2.11. The van der Waals surface area contributed by atoms with Crippen molar-refractivity contribution in [3.8, 4) is 0 Å². The third kappa shape index (κ3) is 2.95. The molecule has 0 fully saturated rings. The Balaban J connectivity index is 0.00000133. The zero-order chi connectivity index (χ0) is 12.4. The quantitative estimate of drug-likeness (QED) is 0.770. The van der Waals surface area contributed by atoms with E-state index < -0.39 is 0 Å². The molecule has 0 saturated carbocycles. The number of halogens is 1. The van der Waals surface area contributed by atoms with Gasteiger partial charge in [0.2, 0.25) is 0 Å². The van der Waals surface area contributed by atoms with E-state index in [4.69, 9.17) is 5.73 Å². The molecule has 19 heavy (non-hydrogen) atoms. The van der Waals surface area contributed by atoms with Crippen molar-refractivity contribution >= 4 is 23.4 Å². The molecule has 0 spiro atoms. The van der Waals surface area contributed by atoms with Crippen LogP contribution in [0.4, 0.5) is 0 Å². The predicted octanol–water partition coefficient (Wildman–Crippen LogP) is 3.23. The first kappa shape index (κ1) is 13.6. The Morgan fingerprint density at radius 1 is 1.00 bits per heavy atom. The second-order valence-electron chi connectivity index (χ2n) is 4.44. The zero-order valence-corrected chi connectivity index (χ0v) is 11.2. The maximum Gasteiger partial charge on any atom is 0.124 e. The number of hydrogen-bond acceptors (Lipinski definition) is 2. The van der Waals surface area contributed by atoms with Gasteiger partial charge in [0.1, 0.15) is 5.82 Å². The lowest BCUT2D eigenvalue weighted by Gasteiger charge is -2.08. The Morgan fingerprint density at radius 3 is 2.42 bits per heavy atom. The van der Waals surface area contributed by atoms with Crippen LogP contribution in [0.5, 0.6) is 0 Å². The zero-order valence-electron chi connectivity index (χ0n) is 10.4. The summed E-state index contributed by atoms with van der Waals surface area (Å²) < 4.78 is 0. The molecule has 3 nitrogen and oxygen atoms in total. The number of nitrogens with zero attached hydrogens (tertiary/aromatic N) is 1. The van der Waals surface area contributed by atoms with Gasteiger partial charge >= 0.3 is 0 Å². The van der Waals surface area contributed by atoms with Gasteiger partial charge in [0.05, 0.1) is 17.1 Å². The summed E-state index contributed by atoms with van der Waals surface area (Å²) in [6.07, 6.45) is 0.792. The van der Waals surface area contributed by atoms with Crippen LogP contribution in [0.3, 0.4) is 0 Å². The molecule has 3 rings (SSSR count). The molecule has 0 radical (unpaired) electrons. The molecule has 3 aromatic rings. The highest BCUT2D eigenvalue weighted by atomic mass is 35.5. The van der Waals surface area contributed by atoms with E-state index in [1.165, 1.54) is 5.56 Å². The van der Waals surface area contributed by atoms with Crippen molar-refractivity contribution < 1.29 is 0 Å². The van der Waals surface area contributed by atoms with Crippen LogP contribution in [0.15, 0.2) is 54.6 Å². The second-order valence-corrected chi connectivity index (χ2v) is 4.44. The molecule has 0 amide bonds. The minimum atomic E-state index is -0.0974. The van der Waals surface area contributed by atoms with E-state index in [9.17, 15) is 0 Å². The van der Waals surface area contributed by atoms with E-state index in [2.05, 4.69) is 22.1 Å². The normalized spacial score (nSPS) is 12.1. The van der Waals surface area contributed by atoms with Gasteiger partial charge in [-0.1, -0.05) is 42.5 Å². The molecule has 98 valence electrons. The van der Waals surface area contributed by atoms with Gasteiger partial charge in [0.25, 0.3) is 0 Å². The maximum atomic E-state index is 6.20. The summed E-state index contributed by atoms with van der Waals surface area (Å²) >= 11 is 0. The first-order valence-electron chi connectivity index (χ1n) is 6.07. The topological polar surface area (TPSA) is 54.7 Å². The molecule has 0 bridgehead atoms. The van der Waals surface area contributed by atoms with Crippen molar-refractivity contribution in [2.45, 2.75) is 12.5 Å². The number of aromatic amines is 1. The number of nitrogens with two attached hydrogens (primary N) is 1. The molecule has 1 heterocycles. The van der Waals surface area contributed by atoms with Crippen LogP contribution in [-0.2, 0) is 6.42 Å². The summed E-state index contributed by atoms with van der Waals surface area (Å²) in [6.45, 7) is 0. The highest BCUT2D eigenvalue weighted by molar-refractivity contribution is 5.85. The minimum absolute atomic E-state index is 0. The molecule has 2 aromatic carbocycles. The minimum Gasteiger partial charge on any atom is -0.341 e. The van der Waals surface area contributed by atoms with E-state index in [0.717, 1.165) is 23.3 Å². The van der Waals surface area contributed by atoms with Crippen molar-refractivity contribution in [3.05, 3.63) is 66.0 Å². The molecule has 3 N–H and O–H groups in total. The van der Waals surface area contributed by atoms with Crippen LogP contribution >= 0.6 is 12.4 Å². The number of rotatable bonds is 3. The lowest BCUT2D eigenvalue weighted by Crippen LogP contribution is -2.14. The molecule has 0 saturated heterocycles. The average molecular weight is 274 g/mol. The molecule has 1 unspecified atom stereocenters. The standard InChI is InChI=1S/C15H15N3.ClH/c16-12(10-11-6-2-1-3-7-11)15-17-13-8-4-5-9-14(13)18-15;/h1-9,12H,10,16H2,(H,17,18);1H. The van der Waals surface area contributed by atoms with E-state index in [-0.39, 0.29) is 18.4 Å². The van der Waals surface area contributed by atoms with Crippen LogP contribution in [0, 0.1) is 0 Å². The third-order valence-electron chi connectivity index (χ3n) is 3.06. The fraction of sp³-hybridized carbons (Fsp3) is 0.133. The van der Waals surface area contributed by atoms with Crippen molar-refractivity contribution in [1.82, 2.24) is 9.97 Å². The highest BCUT2D eigenvalue weighted by Crippen LogP contribution is 2.17. The predicted molar refractivity (Wildman–Crippen MR) is 80.4 cm³/mol. The van der Waals surface area contributed by atoms with E-state index in [1.807, 2.05) is 42.5 Å². The Morgan fingerprint density at radius 2 is 1.68 bits per heavy atom. The second kappa shape index (κ2) is 5.87. The number of aromatic nitrogens is 2. The first-order valence-corrected chi connectivity index (χ1v) is 6.07. The molecular formula is C15H16ClN3. The SMILES string of the molecule is Cl.NC(Cc1ccccc1)c1nc2ccccc2[nH]1. The van der Waals surface area contributed by atoms with E-state index in [0.29, 0.717) is 0 Å². The van der Waals surface area contributed by atoms with Gasteiger partial charge in [-0.25, -0.2) is 4.98 Å². The Labute approximate surface area is 118 Å². The Hall–Kier alpha value is -1.84. The maximum absolute atomic E-state index is 6.20. The summed E-state index contributed by atoms with van der Waals surface area (Å²) in [6, 6.07) is 18.1. The molecular weight excluding hydrogens is 258 g/mol. The molecule has 0 aliphatic rings. The van der Waals surface area contributed by atoms with Gasteiger partial charge in [-0.2, -0.15) is 0 Å². The summed E-state index contributed by atoms with van der Waals surface area (Å²) in [5.74, 6) is 0.847. The highest BCUT2D eigenvalue weighted by Gasteiger charge is 2.11. The van der Waals surface area contributed by atoms with Crippen molar-refractivity contribution in [2.24, 2.45) is 5.73 Å². The van der Waals surface area contributed by atoms with Crippen molar-refractivity contribution in [2.75, 3.05) is 0 Å². The lowest BCUT2D eigenvalue weighted by atomic mass is 10.1. The number of fused-ring (bicyclic) bond motifs is 1. The number of nitrogens with one attached hydrogen (secondary N) is 1. The number of para-hydroxylation sites is 2. The Bertz CT molecular complexity index is 616. The Kier molecular flexibility index (Phi) is 4.20. The van der Waals surface area contributed by atoms with Crippen LogP contribution in [-0.4, -0.2) is 9.97 Å². The summed E-state index contributed by atoms with van der Waals surface area (Å²) in [7, 11) is 0. The molecule has 0 aliphatic carbocycles. The number of imidazole rings is 1.